The summed E-state index contributed by atoms with van der Waals surface area (Å²) in [5.41, 5.74) is 5.02. The van der Waals surface area contributed by atoms with E-state index < -0.39 is 36.4 Å². The van der Waals surface area contributed by atoms with E-state index in [1.807, 2.05) is 66.7 Å². The van der Waals surface area contributed by atoms with E-state index in [4.69, 9.17) is 14.6 Å². The van der Waals surface area contributed by atoms with Gasteiger partial charge in [0.15, 0.2) is 0 Å². The molecule has 40 heavy (non-hydrogen) atoms. The number of nitrogens with zero attached hydrogens (tertiary/aromatic N) is 1. The zero-order chi connectivity index (χ0) is 28.5. The Kier molecular flexibility index (Phi) is 9.51. The molecular formula is C31H32N2O7. The van der Waals surface area contributed by atoms with Crippen LogP contribution in [-0.4, -0.2) is 59.7 Å². The first-order chi connectivity index (χ1) is 19.4. The Labute approximate surface area is 232 Å². The fraction of sp³-hybridized carbons (Fsp3) is 0.290. The van der Waals surface area contributed by atoms with E-state index in [0.29, 0.717) is 0 Å². The van der Waals surface area contributed by atoms with E-state index in [-0.39, 0.29) is 38.6 Å². The monoisotopic (exact) mass is 544 g/mol. The van der Waals surface area contributed by atoms with E-state index >= 15 is 0 Å². The number of likely N-dealkylation sites (N-methyl/N-ethyl adjacent to an activating group) is 1. The summed E-state index contributed by atoms with van der Waals surface area (Å²) in [7, 11) is 0. The first-order valence-electron chi connectivity index (χ1n) is 13.2. The lowest BCUT2D eigenvalue weighted by Gasteiger charge is -2.26. The van der Waals surface area contributed by atoms with E-state index in [9.17, 15) is 19.2 Å². The van der Waals surface area contributed by atoms with Gasteiger partial charge in [0.05, 0.1) is 12.8 Å². The number of rotatable bonds is 12. The van der Waals surface area contributed by atoms with E-state index in [0.717, 1.165) is 27.8 Å². The van der Waals surface area contributed by atoms with Crippen molar-refractivity contribution in [2.45, 2.75) is 38.3 Å². The molecule has 0 saturated carbocycles. The maximum Gasteiger partial charge on any atom is 0.407 e. The zero-order valence-corrected chi connectivity index (χ0v) is 22.2. The Morgan fingerprint density at radius 2 is 1.48 bits per heavy atom. The molecule has 0 radical (unpaired) electrons. The molecule has 0 unspecified atom stereocenters. The zero-order valence-electron chi connectivity index (χ0n) is 22.2. The molecule has 4 rings (SSSR count). The third-order valence-electron chi connectivity index (χ3n) is 6.84. The topological polar surface area (TPSA) is 122 Å². The Balaban J connectivity index is 1.43. The summed E-state index contributed by atoms with van der Waals surface area (Å²) in [5.74, 6) is -2.51. The molecule has 9 nitrogen and oxygen atoms in total. The van der Waals surface area contributed by atoms with Crippen molar-refractivity contribution in [2.75, 3.05) is 19.7 Å². The number of nitrogens with one attached hydrogen (secondary N) is 1. The van der Waals surface area contributed by atoms with Crippen LogP contribution in [-0.2, 0) is 30.5 Å². The van der Waals surface area contributed by atoms with Crippen molar-refractivity contribution >= 4 is 23.9 Å². The van der Waals surface area contributed by atoms with Gasteiger partial charge in [-0.3, -0.25) is 14.4 Å². The molecule has 0 aromatic heterocycles. The van der Waals surface area contributed by atoms with Crippen LogP contribution < -0.4 is 5.32 Å². The largest absolute Gasteiger partial charge is 0.481 e. The highest BCUT2D eigenvalue weighted by Gasteiger charge is 2.32. The van der Waals surface area contributed by atoms with Crippen LogP contribution in [0.3, 0.4) is 0 Å². The summed E-state index contributed by atoms with van der Waals surface area (Å²) in [5, 5.41) is 11.6. The average molecular weight is 545 g/mol. The van der Waals surface area contributed by atoms with Crippen molar-refractivity contribution in [3.63, 3.8) is 0 Å². The summed E-state index contributed by atoms with van der Waals surface area (Å²) in [6, 6.07) is 23.6. The van der Waals surface area contributed by atoms with Gasteiger partial charge >= 0.3 is 18.0 Å². The standard InChI is InChI=1S/C31H32N2O7/c1-2-33(17-16-28(34)35)30(37)27(18-29(36)39-19-21-10-4-3-5-11-21)32-31(38)40-20-26-24-14-8-6-12-22(24)23-13-7-9-15-25(23)26/h3-15,26-27H,2,16-20H2,1H3,(H,32,38)(H,34,35)/t27-/m0/s1. The Hall–Kier alpha value is -4.66. The van der Waals surface area contributed by atoms with Gasteiger partial charge in [-0.15, -0.1) is 0 Å². The van der Waals surface area contributed by atoms with Crippen molar-refractivity contribution in [3.8, 4) is 11.1 Å². The second-order valence-corrected chi connectivity index (χ2v) is 9.43. The van der Waals surface area contributed by atoms with Gasteiger partial charge in [-0.25, -0.2) is 4.79 Å². The van der Waals surface area contributed by atoms with Crippen LogP contribution >= 0.6 is 0 Å². The van der Waals surface area contributed by atoms with Gasteiger partial charge < -0.3 is 24.8 Å². The van der Waals surface area contributed by atoms with Crippen molar-refractivity contribution in [2.24, 2.45) is 0 Å². The van der Waals surface area contributed by atoms with Gasteiger partial charge in [0, 0.05) is 19.0 Å². The molecule has 0 heterocycles. The maximum atomic E-state index is 13.3. The van der Waals surface area contributed by atoms with E-state index in [1.165, 1.54) is 4.90 Å². The molecule has 0 fully saturated rings. The molecule has 9 heteroatoms. The van der Waals surface area contributed by atoms with E-state index in [1.54, 1.807) is 19.1 Å². The van der Waals surface area contributed by atoms with Crippen LogP contribution in [0.15, 0.2) is 78.9 Å². The number of carbonyl (C=O) groups excluding carboxylic acids is 3. The van der Waals surface area contributed by atoms with Gasteiger partial charge in [0.2, 0.25) is 5.91 Å². The number of benzene rings is 3. The molecule has 1 aliphatic rings. The highest BCUT2D eigenvalue weighted by Crippen LogP contribution is 2.44. The van der Waals surface area contributed by atoms with Gasteiger partial charge in [-0.2, -0.15) is 0 Å². The number of carbonyl (C=O) groups is 4. The summed E-state index contributed by atoms with van der Waals surface area (Å²) >= 11 is 0. The smallest absolute Gasteiger partial charge is 0.407 e. The number of amides is 2. The number of esters is 1. The number of aliphatic carboxylic acids is 1. The molecule has 3 aromatic carbocycles. The van der Waals surface area contributed by atoms with Crippen LogP contribution in [0, 0.1) is 0 Å². The number of alkyl carbamates (subject to hydrolysis) is 1. The van der Waals surface area contributed by atoms with Gasteiger partial charge in [0.1, 0.15) is 19.3 Å². The lowest BCUT2D eigenvalue weighted by atomic mass is 9.98. The molecule has 0 aliphatic heterocycles. The Bertz CT molecular complexity index is 1310. The fourth-order valence-electron chi connectivity index (χ4n) is 4.82. The average Bonchev–Trinajstić information content (AvgIpc) is 3.29. The Morgan fingerprint density at radius 1 is 0.875 bits per heavy atom. The first kappa shape index (κ1) is 28.4. The van der Waals surface area contributed by atoms with Crippen LogP contribution in [0.25, 0.3) is 11.1 Å². The number of hydrogen-bond acceptors (Lipinski definition) is 6. The molecule has 3 aromatic rings. The Morgan fingerprint density at radius 3 is 2.08 bits per heavy atom. The fourth-order valence-corrected chi connectivity index (χ4v) is 4.82. The first-order valence-corrected chi connectivity index (χ1v) is 13.2. The molecule has 2 amide bonds. The van der Waals surface area contributed by atoms with Crippen LogP contribution in [0.2, 0.25) is 0 Å². The second-order valence-electron chi connectivity index (χ2n) is 9.43. The molecular weight excluding hydrogens is 512 g/mol. The summed E-state index contributed by atoms with van der Waals surface area (Å²) in [6.07, 6.45) is -1.56. The number of carboxylic acid groups (broad SMARTS) is 1. The summed E-state index contributed by atoms with van der Waals surface area (Å²) < 4.78 is 10.9. The van der Waals surface area contributed by atoms with Crippen molar-refractivity contribution in [3.05, 3.63) is 95.6 Å². The van der Waals surface area contributed by atoms with Gasteiger partial charge in [0.25, 0.3) is 0 Å². The van der Waals surface area contributed by atoms with Crippen molar-refractivity contribution < 1.29 is 33.8 Å². The molecule has 1 atom stereocenters. The third kappa shape index (κ3) is 7.05. The lowest BCUT2D eigenvalue weighted by molar-refractivity contribution is -0.149. The lowest BCUT2D eigenvalue weighted by Crippen LogP contribution is -2.50. The van der Waals surface area contributed by atoms with E-state index in [2.05, 4.69) is 5.32 Å². The van der Waals surface area contributed by atoms with Crippen LogP contribution in [0.1, 0.15) is 42.4 Å². The van der Waals surface area contributed by atoms with Crippen LogP contribution in [0.5, 0.6) is 0 Å². The molecule has 0 bridgehead atoms. The molecule has 2 N–H and O–H groups in total. The minimum atomic E-state index is -1.28. The SMILES string of the molecule is CCN(CCC(=O)O)C(=O)[C@H](CC(=O)OCc1ccccc1)NC(=O)OCC1c2ccccc2-c2ccccc21. The molecule has 1 aliphatic carbocycles. The van der Waals surface area contributed by atoms with Crippen molar-refractivity contribution in [1.29, 1.82) is 0 Å². The maximum absolute atomic E-state index is 13.3. The number of fused-ring (bicyclic) bond motifs is 3. The summed E-state index contributed by atoms with van der Waals surface area (Å²) in [4.78, 5) is 51.2. The van der Waals surface area contributed by atoms with Crippen molar-refractivity contribution in [1.82, 2.24) is 10.2 Å². The number of hydrogen-bond donors (Lipinski definition) is 2. The second kappa shape index (κ2) is 13.4. The number of carboxylic acids is 1. The quantitative estimate of drug-likeness (QED) is 0.325. The minimum Gasteiger partial charge on any atom is -0.481 e. The minimum absolute atomic E-state index is 0.0159. The highest BCUT2D eigenvalue weighted by atomic mass is 16.5. The molecule has 0 saturated heterocycles. The van der Waals surface area contributed by atoms with Crippen LogP contribution in [0.4, 0.5) is 4.79 Å². The predicted octanol–water partition coefficient (Wildman–Crippen LogP) is 4.35. The normalized spacial score (nSPS) is 12.5. The third-order valence-corrected chi connectivity index (χ3v) is 6.84. The van der Waals surface area contributed by atoms with Gasteiger partial charge in [-0.05, 0) is 34.7 Å². The van der Waals surface area contributed by atoms with Gasteiger partial charge in [-0.1, -0.05) is 78.9 Å². The molecule has 0 spiro atoms. The predicted molar refractivity (Wildman–Crippen MR) is 147 cm³/mol. The number of ether oxygens (including phenoxy) is 2. The highest BCUT2D eigenvalue weighted by molar-refractivity contribution is 5.90. The summed E-state index contributed by atoms with van der Waals surface area (Å²) in [6.45, 7) is 1.89. The molecule has 208 valence electrons.